The average Bonchev–Trinajstić information content (AvgIpc) is 2.48. The number of likely N-dealkylation sites (N-methyl/N-ethyl adjacent to an activating group) is 1. The zero-order valence-electron chi connectivity index (χ0n) is 17.1. The number of hydrogen-bond acceptors (Lipinski definition) is 4. The molecule has 1 unspecified atom stereocenters. The topological polar surface area (TPSA) is 52.6 Å². The Kier molecular flexibility index (Phi) is 9.56. The zero-order chi connectivity index (χ0) is 19.1. The Hall–Kier alpha value is -1.10. The first-order chi connectivity index (χ1) is 11.0. The van der Waals surface area contributed by atoms with Gasteiger partial charge in [0.05, 0.1) is 30.5 Å². The van der Waals surface area contributed by atoms with Crippen LogP contribution in [0.3, 0.4) is 0 Å². The van der Waals surface area contributed by atoms with Gasteiger partial charge >= 0.3 is 11.9 Å². The van der Waals surface area contributed by atoms with E-state index in [1.807, 2.05) is 13.8 Å². The van der Waals surface area contributed by atoms with Gasteiger partial charge in [-0.3, -0.25) is 9.59 Å². The Balaban J connectivity index is 5.28. The fraction of sp³-hybridized carbons (Fsp3) is 0.895. The highest BCUT2D eigenvalue weighted by Crippen LogP contribution is 2.22. The largest absolute Gasteiger partial charge is 0.461 e. The third-order valence-corrected chi connectivity index (χ3v) is 4.83. The van der Waals surface area contributed by atoms with Crippen molar-refractivity contribution in [3.8, 4) is 0 Å². The Labute approximate surface area is 148 Å². The Morgan fingerprint density at radius 3 is 1.62 bits per heavy atom. The molecule has 1 atom stereocenters. The molecular weight excluding hydrogens is 306 g/mol. The normalized spacial score (nSPS) is 13.7. The maximum atomic E-state index is 12.1. The predicted molar refractivity (Wildman–Crippen MR) is 96.5 cm³/mol. The third kappa shape index (κ3) is 6.42. The number of carbonyl (C=O) groups is 2. The monoisotopic (exact) mass is 344 g/mol. The van der Waals surface area contributed by atoms with Gasteiger partial charge in [-0.2, -0.15) is 0 Å². The fourth-order valence-corrected chi connectivity index (χ4v) is 3.02. The van der Waals surface area contributed by atoms with E-state index in [2.05, 4.69) is 34.6 Å². The van der Waals surface area contributed by atoms with Gasteiger partial charge in [-0.25, -0.2) is 0 Å². The van der Waals surface area contributed by atoms with Gasteiger partial charge in [0.25, 0.3) is 0 Å². The van der Waals surface area contributed by atoms with Crippen LogP contribution in [0.4, 0.5) is 0 Å². The molecule has 0 spiro atoms. The van der Waals surface area contributed by atoms with Crippen molar-refractivity contribution < 1.29 is 23.5 Å². The van der Waals surface area contributed by atoms with Crippen molar-refractivity contribution in [2.24, 2.45) is 11.8 Å². The molecular formula is C19H38NO4+. The van der Waals surface area contributed by atoms with Crippen LogP contribution in [0.2, 0.25) is 0 Å². The molecule has 0 aliphatic rings. The third-order valence-electron chi connectivity index (χ3n) is 4.83. The van der Waals surface area contributed by atoms with Crippen LogP contribution < -0.4 is 0 Å². The highest BCUT2D eigenvalue weighted by Gasteiger charge is 2.37. The van der Waals surface area contributed by atoms with Crippen molar-refractivity contribution in [1.29, 1.82) is 0 Å². The van der Waals surface area contributed by atoms with Gasteiger partial charge in [0.2, 0.25) is 0 Å². The molecule has 0 aliphatic heterocycles. The van der Waals surface area contributed by atoms with E-state index in [4.69, 9.17) is 9.47 Å². The predicted octanol–water partition coefficient (Wildman–Crippen LogP) is 3.41. The van der Waals surface area contributed by atoms with E-state index in [1.54, 1.807) is 13.8 Å². The number of rotatable bonds is 10. The van der Waals surface area contributed by atoms with E-state index < -0.39 is 6.10 Å². The lowest BCUT2D eigenvalue weighted by Crippen LogP contribution is -2.61. The SMILES string of the molecule is CC[N+](CC(COC(=O)C(C)C)OC(=O)C(C)C)(C(C)C)C(C)C. The summed E-state index contributed by atoms with van der Waals surface area (Å²) in [5.74, 6) is -0.895. The highest BCUT2D eigenvalue weighted by molar-refractivity contribution is 5.72. The van der Waals surface area contributed by atoms with E-state index in [-0.39, 0.29) is 30.4 Å². The molecule has 0 bridgehead atoms. The van der Waals surface area contributed by atoms with Crippen LogP contribution in [-0.4, -0.2) is 54.3 Å². The van der Waals surface area contributed by atoms with Crippen LogP contribution in [-0.2, 0) is 19.1 Å². The Morgan fingerprint density at radius 2 is 1.29 bits per heavy atom. The maximum absolute atomic E-state index is 12.1. The number of nitrogens with zero attached hydrogens (tertiary/aromatic N) is 1. The van der Waals surface area contributed by atoms with E-state index in [9.17, 15) is 9.59 Å². The second kappa shape index (κ2) is 10.0. The van der Waals surface area contributed by atoms with Crippen molar-refractivity contribution in [1.82, 2.24) is 0 Å². The number of quaternary nitrogens is 1. The summed E-state index contributed by atoms with van der Waals surface area (Å²) in [5, 5.41) is 0. The summed E-state index contributed by atoms with van der Waals surface area (Å²) in [6, 6.07) is 0.770. The molecule has 0 rings (SSSR count). The van der Waals surface area contributed by atoms with E-state index in [0.29, 0.717) is 18.6 Å². The molecule has 0 aliphatic carbocycles. The average molecular weight is 345 g/mol. The molecule has 0 saturated carbocycles. The molecule has 0 radical (unpaired) electrons. The molecule has 5 heteroatoms. The van der Waals surface area contributed by atoms with Gasteiger partial charge < -0.3 is 14.0 Å². The summed E-state index contributed by atoms with van der Waals surface area (Å²) in [4.78, 5) is 23.9. The van der Waals surface area contributed by atoms with E-state index in [0.717, 1.165) is 11.0 Å². The number of ether oxygens (including phenoxy) is 2. The summed E-state index contributed by atoms with van der Waals surface area (Å²) in [7, 11) is 0. The molecule has 0 aromatic carbocycles. The standard InChI is InChI=1S/C19H38NO4/c1-10-20(15(6)7,16(8)9)11-17(24-19(22)14(4)5)12-23-18(21)13(2)3/h13-17H,10-12H2,1-9H3/q+1. The second-order valence-electron chi connectivity index (χ2n) is 7.79. The lowest BCUT2D eigenvalue weighted by Gasteiger charge is -2.46. The minimum Gasteiger partial charge on any atom is -0.461 e. The van der Waals surface area contributed by atoms with Gasteiger partial charge in [-0.15, -0.1) is 0 Å². The first-order valence-corrected chi connectivity index (χ1v) is 9.21. The van der Waals surface area contributed by atoms with Gasteiger partial charge in [0.15, 0.2) is 6.10 Å². The van der Waals surface area contributed by atoms with Crippen LogP contribution >= 0.6 is 0 Å². The number of hydrogen-bond donors (Lipinski definition) is 0. The molecule has 0 N–H and O–H groups in total. The van der Waals surface area contributed by atoms with Crippen molar-refractivity contribution in [3.05, 3.63) is 0 Å². The summed E-state index contributed by atoms with van der Waals surface area (Å²) < 4.78 is 11.9. The minimum atomic E-state index is -0.424. The summed E-state index contributed by atoms with van der Waals surface area (Å²) >= 11 is 0. The lowest BCUT2D eigenvalue weighted by molar-refractivity contribution is -0.967. The van der Waals surface area contributed by atoms with Crippen molar-refractivity contribution in [2.45, 2.75) is 80.5 Å². The smallest absolute Gasteiger partial charge is 0.308 e. The van der Waals surface area contributed by atoms with Crippen LogP contribution in [0.25, 0.3) is 0 Å². The molecule has 0 aromatic heterocycles. The molecule has 0 heterocycles. The van der Waals surface area contributed by atoms with Gasteiger partial charge in [0.1, 0.15) is 13.2 Å². The quantitative estimate of drug-likeness (QED) is 0.450. The molecule has 5 nitrogen and oxygen atoms in total. The van der Waals surface area contributed by atoms with Gasteiger partial charge in [-0.05, 0) is 34.6 Å². The summed E-state index contributed by atoms with van der Waals surface area (Å²) in [6.07, 6.45) is -0.424. The van der Waals surface area contributed by atoms with E-state index in [1.165, 1.54) is 0 Å². The lowest BCUT2D eigenvalue weighted by atomic mass is 10.1. The van der Waals surface area contributed by atoms with Crippen LogP contribution in [0, 0.1) is 11.8 Å². The van der Waals surface area contributed by atoms with Gasteiger partial charge in [-0.1, -0.05) is 27.7 Å². The Bertz CT molecular complexity index is 394. The van der Waals surface area contributed by atoms with Crippen molar-refractivity contribution in [2.75, 3.05) is 19.7 Å². The maximum Gasteiger partial charge on any atom is 0.308 e. The molecule has 0 fully saturated rings. The summed E-state index contributed by atoms with van der Waals surface area (Å²) in [5.41, 5.74) is 0. The van der Waals surface area contributed by atoms with Crippen LogP contribution in [0.5, 0.6) is 0 Å². The minimum absolute atomic E-state index is 0.120. The molecule has 24 heavy (non-hydrogen) atoms. The number of esters is 2. The van der Waals surface area contributed by atoms with E-state index >= 15 is 0 Å². The van der Waals surface area contributed by atoms with Crippen LogP contribution in [0.15, 0.2) is 0 Å². The Morgan fingerprint density at radius 1 is 0.833 bits per heavy atom. The molecule has 0 amide bonds. The first-order valence-electron chi connectivity index (χ1n) is 9.21. The highest BCUT2D eigenvalue weighted by atomic mass is 16.6. The first kappa shape index (κ1) is 22.9. The van der Waals surface area contributed by atoms with Crippen molar-refractivity contribution in [3.63, 3.8) is 0 Å². The second-order valence-corrected chi connectivity index (χ2v) is 7.79. The number of carbonyl (C=O) groups excluding carboxylic acids is 2. The van der Waals surface area contributed by atoms with Gasteiger partial charge in [0, 0.05) is 0 Å². The van der Waals surface area contributed by atoms with Crippen molar-refractivity contribution >= 4 is 11.9 Å². The molecule has 142 valence electrons. The van der Waals surface area contributed by atoms with Crippen LogP contribution in [0.1, 0.15) is 62.3 Å². The fourth-order valence-electron chi connectivity index (χ4n) is 3.02. The summed E-state index contributed by atoms with van der Waals surface area (Å²) in [6.45, 7) is 19.8. The zero-order valence-corrected chi connectivity index (χ0v) is 17.1. The molecule has 0 saturated heterocycles. The molecule has 0 aromatic rings.